The number of nitrogens with zero attached hydrogens (tertiary/aromatic N) is 2. The van der Waals surface area contributed by atoms with Crippen LogP contribution in [0.15, 0.2) is 4.99 Å². The third-order valence-electron chi connectivity index (χ3n) is 6.20. The molecule has 1 spiro atoms. The second-order valence-electron chi connectivity index (χ2n) is 8.03. The van der Waals surface area contributed by atoms with Crippen LogP contribution < -0.4 is 10.6 Å². The molecule has 1 heterocycles. The maximum atomic E-state index is 11.9. The van der Waals surface area contributed by atoms with Gasteiger partial charge in [-0.3, -0.25) is 4.79 Å². The van der Waals surface area contributed by atoms with Gasteiger partial charge in [-0.05, 0) is 32.6 Å². The molecule has 0 aromatic rings. The first-order chi connectivity index (χ1) is 12.5. The molecule has 1 amide bonds. The van der Waals surface area contributed by atoms with Crippen molar-refractivity contribution in [1.29, 1.82) is 0 Å². The maximum absolute atomic E-state index is 11.9. The predicted octanol–water partition coefficient (Wildman–Crippen LogP) is 1.61. The van der Waals surface area contributed by atoms with Crippen LogP contribution >= 0.6 is 24.0 Å². The van der Waals surface area contributed by atoms with Crippen LogP contribution in [-0.2, 0) is 14.3 Å². The topological polar surface area (TPSA) is 75.2 Å². The number of halogens is 1. The molecule has 3 fully saturated rings. The summed E-state index contributed by atoms with van der Waals surface area (Å²) in [4.78, 5) is 18.1. The van der Waals surface area contributed by atoms with Gasteiger partial charge in [0.25, 0.3) is 0 Å². The normalized spacial score (nSPS) is 28.7. The predicted molar refractivity (Wildman–Crippen MR) is 117 cm³/mol. The number of amides is 1. The zero-order chi connectivity index (χ0) is 18.6. The summed E-state index contributed by atoms with van der Waals surface area (Å²) in [5.74, 6) is 1.27. The SMILES string of the molecule is CCOC1CC(NC(=NCC(=O)N(C)C)NCC2CCOC2)C12CCC2.I. The second kappa shape index (κ2) is 10.2. The number of ether oxygens (including phenoxy) is 2. The van der Waals surface area contributed by atoms with Crippen molar-refractivity contribution in [2.75, 3.05) is 47.0 Å². The van der Waals surface area contributed by atoms with E-state index in [1.807, 2.05) is 0 Å². The smallest absolute Gasteiger partial charge is 0.243 e. The Balaban J connectivity index is 0.00000261. The zero-order valence-electron chi connectivity index (χ0n) is 16.8. The Hall–Kier alpha value is -0.610. The summed E-state index contributed by atoms with van der Waals surface area (Å²) in [5.41, 5.74) is 0.264. The van der Waals surface area contributed by atoms with Crippen molar-refractivity contribution in [2.45, 2.75) is 51.2 Å². The number of carbonyl (C=O) groups excluding carboxylic acids is 1. The quantitative estimate of drug-likeness (QED) is 0.320. The molecule has 2 N–H and O–H groups in total. The van der Waals surface area contributed by atoms with Gasteiger partial charge in [-0.2, -0.15) is 0 Å². The first-order valence-electron chi connectivity index (χ1n) is 9.99. The van der Waals surface area contributed by atoms with Crippen molar-refractivity contribution in [3.63, 3.8) is 0 Å². The van der Waals surface area contributed by atoms with Gasteiger partial charge in [-0.25, -0.2) is 4.99 Å². The molecule has 3 unspecified atom stereocenters. The summed E-state index contributed by atoms with van der Waals surface area (Å²) in [6.45, 7) is 5.48. The number of rotatable bonds is 7. The van der Waals surface area contributed by atoms with Gasteiger partial charge in [-0.1, -0.05) is 6.42 Å². The van der Waals surface area contributed by atoms with E-state index >= 15 is 0 Å². The van der Waals surface area contributed by atoms with Crippen LogP contribution in [0.2, 0.25) is 0 Å². The molecule has 2 saturated carbocycles. The third-order valence-corrected chi connectivity index (χ3v) is 6.20. The average Bonchev–Trinajstić information content (AvgIpc) is 3.07. The van der Waals surface area contributed by atoms with Crippen LogP contribution in [0.3, 0.4) is 0 Å². The van der Waals surface area contributed by atoms with Gasteiger partial charge in [0.1, 0.15) is 6.54 Å². The van der Waals surface area contributed by atoms with Gasteiger partial charge < -0.3 is 25.0 Å². The number of guanidine groups is 1. The molecule has 7 nitrogen and oxygen atoms in total. The van der Waals surface area contributed by atoms with Crippen molar-refractivity contribution >= 4 is 35.8 Å². The molecule has 156 valence electrons. The molecular formula is C19H35IN4O3. The van der Waals surface area contributed by atoms with E-state index in [4.69, 9.17) is 9.47 Å². The van der Waals surface area contributed by atoms with Gasteiger partial charge in [0, 0.05) is 51.2 Å². The molecule has 2 aliphatic carbocycles. The lowest BCUT2D eigenvalue weighted by molar-refractivity contribution is -0.168. The highest BCUT2D eigenvalue weighted by Crippen LogP contribution is 2.57. The van der Waals surface area contributed by atoms with Crippen molar-refractivity contribution in [2.24, 2.45) is 16.3 Å². The number of carbonyl (C=O) groups is 1. The van der Waals surface area contributed by atoms with E-state index in [0.717, 1.165) is 45.2 Å². The number of likely N-dealkylation sites (N-methyl/N-ethyl adjacent to an activating group) is 1. The Kier molecular flexibility index (Phi) is 8.61. The minimum absolute atomic E-state index is 0. The number of nitrogens with one attached hydrogen (secondary N) is 2. The summed E-state index contributed by atoms with van der Waals surface area (Å²) in [6, 6.07) is 0.383. The molecule has 3 rings (SSSR count). The van der Waals surface area contributed by atoms with Crippen LogP contribution in [0.5, 0.6) is 0 Å². The highest BCUT2D eigenvalue weighted by atomic mass is 127. The fourth-order valence-corrected chi connectivity index (χ4v) is 4.23. The number of hydrogen-bond donors (Lipinski definition) is 2. The first-order valence-corrected chi connectivity index (χ1v) is 9.99. The molecular weight excluding hydrogens is 459 g/mol. The minimum Gasteiger partial charge on any atom is -0.381 e. The molecule has 3 atom stereocenters. The Morgan fingerprint density at radius 2 is 2.15 bits per heavy atom. The lowest BCUT2D eigenvalue weighted by Gasteiger charge is -2.61. The molecule has 3 aliphatic rings. The Morgan fingerprint density at radius 1 is 1.37 bits per heavy atom. The van der Waals surface area contributed by atoms with E-state index < -0.39 is 0 Å². The first kappa shape index (κ1) is 22.7. The van der Waals surface area contributed by atoms with Crippen LogP contribution in [0.1, 0.15) is 39.0 Å². The van der Waals surface area contributed by atoms with Crippen LogP contribution in [-0.4, -0.2) is 75.9 Å². The van der Waals surface area contributed by atoms with E-state index in [1.165, 1.54) is 19.3 Å². The highest BCUT2D eigenvalue weighted by molar-refractivity contribution is 14.0. The highest BCUT2D eigenvalue weighted by Gasteiger charge is 2.59. The van der Waals surface area contributed by atoms with E-state index in [-0.39, 0.29) is 41.8 Å². The van der Waals surface area contributed by atoms with Crippen molar-refractivity contribution in [3.05, 3.63) is 0 Å². The van der Waals surface area contributed by atoms with Crippen molar-refractivity contribution < 1.29 is 14.3 Å². The molecule has 27 heavy (non-hydrogen) atoms. The van der Waals surface area contributed by atoms with Crippen LogP contribution in [0, 0.1) is 11.3 Å². The lowest BCUT2D eigenvalue weighted by Crippen LogP contribution is -2.68. The van der Waals surface area contributed by atoms with E-state index in [9.17, 15) is 4.79 Å². The summed E-state index contributed by atoms with van der Waals surface area (Å²) in [5, 5.41) is 7.04. The molecule has 8 heteroatoms. The molecule has 0 bridgehead atoms. The number of aliphatic imine (C=N–C) groups is 1. The van der Waals surface area contributed by atoms with E-state index in [2.05, 4.69) is 22.5 Å². The Morgan fingerprint density at radius 3 is 2.70 bits per heavy atom. The summed E-state index contributed by atoms with van der Waals surface area (Å²) < 4.78 is 11.4. The summed E-state index contributed by atoms with van der Waals surface area (Å²) >= 11 is 0. The maximum Gasteiger partial charge on any atom is 0.243 e. The van der Waals surface area contributed by atoms with Crippen molar-refractivity contribution in [1.82, 2.24) is 15.5 Å². The Labute approximate surface area is 180 Å². The van der Waals surface area contributed by atoms with Crippen LogP contribution in [0.4, 0.5) is 0 Å². The summed E-state index contributed by atoms with van der Waals surface area (Å²) in [7, 11) is 3.52. The van der Waals surface area contributed by atoms with Crippen LogP contribution in [0.25, 0.3) is 0 Å². The van der Waals surface area contributed by atoms with E-state index in [0.29, 0.717) is 18.1 Å². The largest absolute Gasteiger partial charge is 0.381 e. The van der Waals surface area contributed by atoms with Crippen molar-refractivity contribution in [3.8, 4) is 0 Å². The molecule has 0 aromatic carbocycles. The molecule has 0 radical (unpaired) electrons. The van der Waals surface area contributed by atoms with Gasteiger partial charge in [0.2, 0.25) is 5.91 Å². The monoisotopic (exact) mass is 494 g/mol. The van der Waals surface area contributed by atoms with E-state index in [1.54, 1.807) is 19.0 Å². The molecule has 1 saturated heterocycles. The number of hydrogen-bond acceptors (Lipinski definition) is 4. The van der Waals surface area contributed by atoms with Gasteiger partial charge in [0.15, 0.2) is 5.96 Å². The van der Waals surface area contributed by atoms with Gasteiger partial charge in [-0.15, -0.1) is 24.0 Å². The molecule has 1 aliphatic heterocycles. The fraction of sp³-hybridized carbons (Fsp3) is 0.895. The van der Waals surface area contributed by atoms with Gasteiger partial charge in [0.05, 0.1) is 12.7 Å². The Bertz CT molecular complexity index is 519. The fourth-order valence-electron chi connectivity index (χ4n) is 4.23. The molecule has 0 aromatic heterocycles. The summed E-state index contributed by atoms with van der Waals surface area (Å²) in [6.07, 6.45) is 6.18. The standard InChI is InChI=1S/C19H34N4O3.HI/c1-4-26-16-10-15(19(16)7-5-8-19)22-18(21-12-17(24)23(2)3)20-11-14-6-9-25-13-14;/h14-16H,4-13H2,1-3H3,(H2,20,21,22);1H. The zero-order valence-corrected chi connectivity index (χ0v) is 19.2. The third kappa shape index (κ3) is 5.26. The minimum atomic E-state index is 0. The van der Waals surface area contributed by atoms with Gasteiger partial charge >= 0.3 is 0 Å². The second-order valence-corrected chi connectivity index (χ2v) is 8.03. The lowest BCUT2D eigenvalue weighted by atomic mass is 9.51. The average molecular weight is 494 g/mol.